The average molecular weight is 367 g/mol. The van der Waals surface area contributed by atoms with E-state index in [0.29, 0.717) is 35.5 Å². The molecule has 2 aromatic heterocycles. The number of aromatic nitrogens is 2. The van der Waals surface area contributed by atoms with Crippen molar-refractivity contribution in [2.24, 2.45) is 0 Å². The number of anilines is 3. The molecule has 3 aromatic rings. The summed E-state index contributed by atoms with van der Waals surface area (Å²) in [6.45, 7) is 2.21. The maximum absolute atomic E-state index is 13.0. The van der Waals surface area contributed by atoms with Gasteiger partial charge in [-0.1, -0.05) is 0 Å². The second-order valence-corrected chi connectivity index (χ2v) is 6.33. The van der Waals surface area contributed by atoms with Gasteiger partial charge in [0, 0.05) is 12.6 Å². The third-order valence-corrected chi connectivity index (χ3v) is 4.53. The number of carbonyl (C=O) groups excluding carboxylic acids is 1. The zero-order valence-corrected chi connectivity index (χ0v) is 14.9. The summed E-state index contributed by atoms with van der Waals surface area (Å²) in [6.07, 6.45) is 1.58. The molecule has 0 bridgehead atoms. The van der Waals surface area contributed by atoms with Gasteiger partial charge in [0.05, 0.1) is 12.7 Å². The van der Waals surface area contributed by atoms with Gasteiger partial charge in [-0.15, -0.1) is 0 Å². The first-order chi connectivity index (χ1) is 13.0. The summed E-state index contributed by atoms with van der Waals surface area (Å²) in [5.41, 5.74) is 1.39. The Hall–Kier alpha value is -3.42. The van der Waals surface area contributed by atoms with E-state index in [1.54, 1.807) is 23.2 Å². The molecular weight excluding hydrogens is 349 g/mol. The number of benzene rings is 1. The summed E-state index contributed by atoms with van der Waals surface area (Å²) in [5, 5.41) is 5.90. The van der Waals surface area contributed by atoms with E-state index in [2.05, 4.69) is 20.6 Å². The van der Waals surface area contributed by atoms with Gasteiger partial charge in [-0.05, 0) is 43.3 Å². The number of hydrogen-bond donors (Lipinski definition) is 2. The van der Waals surface area contributed by atoms with Crippen molar-refractivity contribution in [3.05, 3.63) is 54.2 Å². The highest BCUT2D eigenvalue weighted by molar-refractivity contribution is 6.02. The van der Waals surface area contributed by atoms with Crippen LogP contribution in [0.4, 0.5) is 21.8 Å². The lowest BCUT2D eigenvalue weighted by molar-refractivity contribution is -0.117. The number of halogens is 1. The molecule has 1 aliphatic rings. The summed E-state index contributed by atoms with van der Waals surface area (Å²) in [4.78, 5) is 22.4. The van der Waals surface area contributed by atoms with E-state index in [4.69, 9.17) is 4.42 Å². The number of carbonyl (C=O) groups is 1. The second kappa shape index (κ2) is 6.71. The van der Waals surface area contributed by atoms with Crippen LogP contribution in [0.15, 0.2) is 47.0 Å². The van der Waals surface area contributed by atoms with E-state index in [0.717, 1.165) is 5.56 Å². The van der Waals surface area contributed by atoms with Crippen molar-refractivity contribution in [1.82, 2.24) is 9.97 Å². The monoisotopic (exact) mass is 367 g/mol. The van der Waals surface area contributed by atoms with Crippen molar-refractivity contribution >= 4 is 23.4 Å². The topological polar surface area (TPSA) is 83.3 Å². The number of amides is 1. The summed E-state index contributed by atoms with van der Waals surface area (Å²) in [7, 11) is 1.82. The average Bonchev–Trinajstić information content (AvgIpc) is 3.14. The SMILES string of the molecule is C[C@H]1C(=O)Nc2cnc(NCc3ccc(-c4ccc(F)cc4)o3)nc2N1C. The van der Waals surface area contributed by atoms with Gasteiger partial charge in [0.2, 0.25) is 11.9 Å². The Labute approximate surface area is 155 Å². The molecule has 0 spiro atoms. The molecule has 0 fully saturated rings. The van der Waals surface area contributed by atoms with E-state index < -0.39 is 0 Å². The maximum atomic E-state index is 13.0. The molecule has 27 heavy (non-hydrogen) atoms. The minimum atomic E-state index is -0.302. The van der Waals surface area contributed by atoms with Crippen molar-refractivity contribution in [1.29, 1.82) is 0 Å². The minimum Gasteiger partial charge on any atom is -0.459 e. The molecule has 138 valence electrons. The Kier molecular flexibility index (Phi) is 4.23. The Morgan fingerprint density at radius 2 is 2.04 bits per heavy atom. The molecule has 0 radical (unpaired) electrons. The van der Waals surface area contributed by atoms with E-state index >= 15 is 0 Å². The van der Waals surface area contributed by atoms with Crippen molar-refractivity contribution in [2.75, 3.05) is 22.6 Å². The first-order valence-electron chi connectivity index (χ1n) is 8.50. The number of hydrogen-bond acceptors (Lipinski definition) is 6. The fourth-order valence-electron chi connectivity index (χ4n) is 2.82. The third kappa shape index (κ3) is 3.33. The van der Waals surface area contributed by atoms with Crippen LogP contribution in [-0.4, -0.2) is 29.0 Å². The Balaban J connectivity index is 1.47. The molecule has 1 amide bonds. The van der Waals surface area contributed by atoms with Gasteiger partial charge >= 0.3 is 0 Å². The highest BCUT2D eigenvalue weighted by Gasteiger charge is 2.28. The molecule has 0 saturated heterocycles. The van der Waals surface area contributed by atoms with Crippen LogP contribution < -0.4 is 15.5 Å². The van der Waals surface area contributed by atoms with E-state index in [1.807, 2.05) is 26.1 Å². The molecule has 1 aromatic carbocycles. The summed E-state index contributed by atoms with van der Waals surface area (Å²) >= 11 is 0. The molecule has 3 heterocycles. The molecule has 0 unspecified atom stereocenters. The van der Waals surface area contributed by atoms with Gasteiger partial charge in [-0.3, -0.25) is 4.79 Å². The molecule has 8 heteroatoms. The Morgan fingerprint density at radius 1 is 1.26 bits per heavy atom. The molecule has 2 N–H and O–H groups in total. The fraction of sp³-hybridized carbons (Fsp3) is 0.211. The van der Waals surface area contributed by atoms with Gasteiger partial charge in [0.15, 0.2) is 5.82 Å². The van der Waals surface area contributed by atoms with Crippen molar-refractivity contribution in [2.45, 2.75) is 19.5 Å². The van der Waals surface area contributed by atoms with Crippen molar-refractivity contribution < 1.29 is 13.6 Å². The lowest BCUT2D eigenvalue weighted by Gasteiger charge is -2.31. The largest absolute Gasteiger partial charge is 0.459 e. The van der Waals surface area contributed by atoms with Crippen LogP contribution >= 0.6 is 0 Å². The van der Waals surface area contributed by atoms with Crippen LogP contribution in [0.1, 0.15) is 12.7 Å². The van der Waals surface area contributed by atoms with E-state index in [-0.39, 0.29) is 17.8 Å². The van der Waals surface area contributed by atoms with E-state index in [1.165, 1.54) is 12.1 Å². The number of furan rings is 1. The summed E-state index contributed by atoms with van der Waals surface area (Å²) < 4.78 is 18.8. The van der Waals surface area contributed by atoms with Crippen LogP contribution in [0.3, 0.4) is 0 Å². The van der Waals surface area contributed by atoms with Gasteiger partial charge in [0.25, 0.3) is 0 Å². The first kappa shape index (κ1) is 17.0. The second-order valence-electron chi connectivity index (χ2n) is 6.33. The van der Waals surface area contributed by atoms with Crippen LogP contribution in [0, 0.1) is 5.82 Å². The predicted molar refractivity (Wildman–Crippen MR) is 100.0 cm³/mol. The minimum absolute atomic E-state index is 0.0850. The number of rotatable bonds is 4. The standard InChI is InChI=1S/C19H18FN5O2/c1-11-18(26)23-15-10-22-19(24-17(15)25(11)2)21-9-14-7-8-16(27-14)12-3-5-13(20)6-4-12/h3-8,10-11H,9H2,1-2H3,(H,23,26)(H,21,22,24)/t11-/m0/s1. The first-order valence-corrected chi connectivity index (χ1v) is 8.50. The van der Waals surface area contributed by atoms with E-state index in [9.17, 15) is 9.18 Å². The molecule has 0 aliphatic carbocycles. The lowest BCUT2D eigenvalue weighted by Crippen LogP contribution is -2.44. The van der Waals surface area contributed by atoms with Crippen LogP contribution in [0.5, 0.6) is 0 Å². The zero-order valence-electron chi connectivity index (χ0n) is 14.9. The maximum Gasteiger partial charge on any atom is 0.246 e. The quantitative estimate of drug-likeness (QED) is 0.736. The number of likely N-dealkylation sites (N-methyl/N-ethyl adjacent to an activating group) is 1. The summed E-state index contributed by atoms with van der Waals surface area (Å²) in [6, 6.07) is 9.51. The molecule has 1 atom stereocenters. The van der Waals surface area contributed by atoms with Crippen LogP contribution in [0.2, 0.25) is 0 Å². The Morgan fingerprint density at radius 3 is 2.81 bits per heavy atom. The van der Waals surface area contributed by atoms with Gasteiger partial charge < -0.3 is 20.0 Å². The highest BCUT2D eigenvalue weighted by atomic mass is 19.1. The van der Waals surface area contributed by atoms with Gasteiger partial charge in [0.1, 0.15) is 29.1 Å². The molecular formula is C19H18FN5O2. The molecule has 4 rings (SSSR count). The normalized spacial score (nSPS) is 16.0. The number of nitrogens with zero attached hydrogens (tertiary/aromatic N) is 3. The van der Waals surface area contributed by atoms with Crippen LogP contribution in [-0.2, 0) is 11.3 Å². The van der Waals surface area contributed by atoms with Crippen LogP contribution in [0.25, 0.3) is 11.3 Å². The van der Waals surface area contributed by atoms with Crippen molar-refractivity contribution in [3.8, 4) is 11.3 Å². The number of nitrogens with one attached hydrogen (secondary N) is 2. The molecule has 0 saturated carbocycles. The predicted octanol–water partition coefficient (Wildman–Crippen LogP) is 3.26. The smallest absolute Gasteiger partial charge is 0.246 e. The van der Waals surface area contributed by atoms with Gasteiger partial charge in [-0.2, -0.15) is 4.98 Å². The Bertz CT molecular complexity index is 986. The fourth-order valence-corrected chi connectivity index (χ4v) is 2.82. The van der Waals surface area contributed by atoms with Gasteiger partial charge in [-0.25, -0.2) is 9.37 Å². The molecule has 1 aliphatic heterocycles. The lowest BCUT2D eigenvalue weighted by atomic mass is 10.2. The third-order valence-electron chi connectivity index (χ3n) is 4.53. The highest BCUT2D eigenvalue weighted by Crippen LogP contribution is 2.29. The number of fused-ring (bicyclic) bond motifs is 1. The zero-order chi connectivity index (χ0) is 19.0. The molecule has 7 nitrogen and oxygen atoms in total. The summed E-state index contributed by atoms with van der Waals surface area (Å²) in [5.74, 6) is 2.08. The van der Waals surface area contributed by atoms with Crippen molar-refractivity contribution in [3.63, 3.8) is 0 Å².